The van der Waals surface area contributed by atoms with Crippen LogP contribution in [0.5, 0.6) is 11.5 Å². The number of anilines is 1. The maximum Gasteiger partial charge on any atom is 0.286 e. The number of carbonyl (C=O) groups is 2. The number of rotatable bonds is 11. The third kappa shape index (κ3) is 7.24. The summed E-state index contributed by atoms with van der Waals surface area (Å²) in [4.78, 5) is 40.0. The molecule has 0 saturated heterocycles. The summed E-state index contributed by atoms with van der Waals surface area (Å²) in [6, 6.07) is 9.49. The van der Waals surface area contributed by atoms with Gasteiger partial charge in [-0.15, -0.1) is 11.3 Å². The summed E-state index contributed by atoms with van der Waals surface area (Å²) in [5, 5.41) is 19.0. The quantitative estimate of drug-likeness (QED) is 0.293. The SMILES string of the molecule is COc1cc(C(=O)NCc2cccc(NC(=O)CC(C)C)c2)c([N+](=O)[O-])cc1OCc1cscn1. The van der Waals surface area contributed by atoms with E-state index in [9.17, 15) is 19.7 Å². The Morgan fingerprint density at radius 1 is 1.20 bits per heavy atom. The molecule has 0 saturated carbocycles. The minimum absolute atomic E-state index is 0.0963. The zero-order chi connectivity index (χ0) is 25.4. The lowest BCUT2D eigenvalue weighted by Gasteiger charge is -2.13. The zero-order valence-corrected chi connectivity index (χ0v) is 20.4. The molecule has 0 aliphatic carbocycles. The van der Waals surface area contributed by atoms with E-state index < -0.39 is 16.5 Å². The molecule has 0 radical (unpaired) electrons. The number of nitro groups is 1. The van der Waals surface area contributed by atoms with E-state index in [2.05, 4.69) is 15.6 Å². The van der Waals surface area contributed by atoms with E-state index in [1.54, 1.807) is 35.2 Å². The van der Waals surface area contributed by atoms with Crippen molar-refractivity contribution >= 4 is 34.5 Å². The van der Waals surface area contributed by atoms with Crippen molar-refractivity contribution in [2.75, 3.05) is 12.4 Å². The van der Waals surface area contributed by atoms with Crippen LogP contribution in [0.2, 0.25) is 0 Å². The predicted molar refractivity (Wildman–Crippen MR) is 132 cm³/mol. The van der Waals surface area contributed by atoms with Crippen molar-refractivity contribution in [3.8, 4) is 11.5 Å². The average Bonchev–Trinajstić information content (AvgIpc) is 3.34. The molecule has 2 aromatic carbocycles. The number of amides is 2. The van der Waals surface area contributed by atoms with Crippen LogP contribution in [-0.4, -0.2) is 28.8 Å². The van der Waals surface area contributed by atoms with Crippen molar-refractivity contribution in [2.45, 2.75) is 33.4 Å². The van der Waals surface area contributed by atoms with E-state index in [4.69, 9.17) is 9.47 Å². The van der Waals surface area contributed by atoms with E-state index in [0.717, 1.165) is 5.56 Å². The van der Waals surface area contributed by atoms with Crippen LogP contribution in [0.15, 0.2) is 47.3 Å². The summed E-state index contributed by atoms with van der Waals surface area (Å²) in [6.07, 6.45) is 0.399. The fourth-order valence-electron chi connectivity index (χ4n) is 3.23. The van der Waals surface area contributed by atoms with Gasteiger partial charge in [0.2, 0.25) is 5.91 Å². The lowest BCUT2D eigenvalue weighted by atomic mass is 10.1. The number of carbonyl (C=O) groups excluding carboxylic acids is 2. The Bertz CT molecular complexity index is 1200. The minimum atomic E-state index is -0.644. The molecule has 0 atom stereocenters. The van der Waals surface area contributed by atoms with Crippen molar-refractivity contribution in [3.05, 3.63) is 74.2 Å². The Labute approximate surface area is 206 Å². The number of nitrogens with zero attached hydrogens (tertiary/aromatic N) is 2. The van der Waals surface area contributed by atoms with Crippen LogP contribution in [0.1, 0.15) is 41.9 Å². The van der Waals surface area contributed by atoms with E-state index in [-0.39, 0.29) is 42.0 Å². The Balaban J connectivity index is 1.73. The third-order valence-corrected chi connectivity index (χ3v) is 5.48. The van der Waals surface area contributed by atoms with Crippen molar-refractivity contribution in [3.63, 3.8) is 0 Å². The first-order valence-electron chi connectivity index (χ1n) is 10.8. The molecule has 10 nitrogen and oxygen atoms in total. The predicted octanol–water partition coefficient (Wildman–Crippen LogP) is 4.55. The van der Waals surface area contributed by atoms with Crippen LogP contribution < -0.4 is 20.1 Å². The Hall–Kier alpha value is -3.99. The summed E-state index contributed by atoms with van der Waals surface area (Å²) >= 11 is 1.40. The van der Waals surface area contributed by atoms with Gasteiger partial charge in [0.25, 0.3) is 11.6 Å². The number of hydrogen-bond acceptors (Lipinski definition) is 8. The highest BCUT2D eigenvalue weighted by molar-refractivity contribution is 7.07. The van der Waals surface area contributed by atoms with Gasteiger partial charge < -0.3 is 20.1 Å². The number of ether oxygens (including phenoxy) is 2. The molecule has 0 aliphatic rings. The highest BCUT2D eigenvalue weighted by atomic mass is 32.1. The topological polar surface area (TPSA) is 133 Å². The van der Waals surface area contributed by atoms with Crippen LogP contribution in [0.4, 0.5) is 11.4 Å². The van der Waals surface area contributed by atoms with Gasteiger partial charge in [0.1, 0.15) is 12.2 Å². The summed E-state index contributed by atoms with van der Waals surface area (Å²) in [5.41, 5.74) is 3.08. The maximum atomic E-state index is 12.9. The second-order valence-electron chi connectivity index (χ2n) is 8.07. The lowest BCUT2D eigenvalue weighted by Crippen LogP contribution is -2.24. The van der Waals surface area contributed by atoms with Crippen LogP contribution in [-0.2, 0) is 17.9 Å². The first kappa shape index (κ1) is 25.6. The van der Waals surface area contributed by atoms with Crippen molar-refractivity contribution in [1.82, 2.24) is 10.3 Å². The lowest BCUT2D eigenvalue weighted by molar-refractivity contribution is -0.385. The molecular formula is C24H26N4O6S. The molecule has 3 rings (SSSR count). The molecule has 35 heavy (non-hydrogen) atoms. The molecule has 2 amide bonds. The standard InChI is InChI=1S/C24H26N4O6S/c1-15(2)7-23(29)27-17-6-4-5-16(8-17)11-25-24(30)19-9-21(33-3)22(10-20(19)28(31)32)34-12-18-13-35-14-26-18/h4-6,8-10,13-15H,7,11-12H2,1-3H3,(H,25,30)(H,27,29). The maximum absolute atomic E-state index is 12.9. The largest absolute Gasteiger partial charge is 0.493 e. The zero-order valence-electron chi connectivity index (χ0n) is 19.6. The number of benzene rings is 2. The van der Waals surface area contributed by atoms with Gasteiger partial charge in [0.05, 0.1) is 29.3 Å². The number of methoxy groups -OCH3 is 1. The van der Waals surface area contributed by atoms with E-state index >= 15 is 0 Å². The van der Waals surface area contributed by atoms with Crippen molar-refractivity contribution < 1.29 is 24.0 Å². The van der Waals surface area contributed by atoms with E-state index in [1.807, 2.05) is 13.8 Å². The van der Waals surface area contributed by atoms with Crippen LogP contribution >= 0.6 is 11.3 Å². The molecule has 1 aromatic heterocycles. The summed E-state index contributed by atoms with van der Waals surface area (Å²) in [7, 11) is 1.39. The second-order valence-corrected chi connectivity index (χ2v) is 8.79. The molecule has 0 aliphatic heterocycles. The van der Waals surface area contributed by atoms with Crippen LogP contribution in [0.25, 0.3) is 0 Å². The molecule has 0 fully saturated rings. The summed E-state index contributed by atoms with van der Waals surface area (Å²) in [5.74, 6) is -0.190. The molecule has 3 aromatic rings. The Morgan fingerprint density at radius 2 is 2.00 bits per heavy atom. The van der Waals surface area contributed by atoms with Gasteiger partial charge in [-0.2, -0.15) is 0 Å². The summed E-state index contributed by atoms with van der Waals surface area (Å²) in [6.45, 7) is 4.12. The monoisotopic (exact) mass is 498 g/mol. The average molecular weight is 499 g/mol. The number of nitrogens with one attached hydrogen (secondary N) is 2. The van der Waals surface area contributed by atoms with Gasteiger partial charge in [-0.05, 0) is 23.6 Å². The van der Waals surface area contributed by atoms with Gasteiger partial charge in [-0.3, -0.25) is 19.7 Å². The first-order chi connectivity index (χ1) is 16.8. The fraction of sp³-hybridized carbons (Fsp3) is 0.292. The van der Waals surface area contributed by atoms with Gasteiger partial charge in [-0.1, -0.05) is 26.0 Å². The van der Waals surface area contributed by atoms with Crippen LogP contribution in [0, 0.1) is 16.0 Å². The van der Waals surface area contributed by atoms with Gasteiger partial charge in [0, 0.05) is 30.1 Å². The Morgan fingerprint density at radius 3 is 2.66 bits per heavy atom. The molecule has 2 N–H and O–H groups in total. The third-order valence-electron chi connectivity index (χ3n) is 4.84. The molecule has 0 spiro atoms. The Kier molecular flexibility index (Phi) is 8.74. The fourth-order valence-corrected chi connectivity index (χ4v) is 3.78. The molecular weight excluding hydrogens is 472 g/mol. The minimum Gasteiger partial charge on any atom is -0.493 e. The highest BCUT2D eigenvalue weighted by Crippen LogP contribution is 2.35. The number of hydrogen-bond donors (Lipinski definition) is 2. The second kappa shape index (κ2) is 11.9. The van der Waals surface area contributed by atoms with Crippen molar-refractivity contribution in [1.29, 1.82) is 0 Å². The normalized spacial score (nSPS) is 10.6. The van der Waals surface area contributed by atoms with Crippen molar-refractivity contribution in [2.24, 2.45) is 5.92 Å². The molecule has 0 unspecified atom stereocenters. The highest BCUT2D eigenvalue weighted by Gasteiger charge is 2.25. The van der Waals surface area contributed by atoms with E-state index in [0.29, 0.717) is 17.8 Å². The number of nitro benzene ring substituents is 1. The molecule has 1 heterocycles. The summed E-state index contributed by atoms with van der Waals surface area (Å²) < 4.78 is 10.9. The molecule has 11 heteroatoms. The molecule has 0 bridgehead atoms. The van der Waals surface area contributed by atoms with Gasteiger partial charge in [-0.25, -0.2) is 4.98 Å². The van der Waals surface area contributed by atoms with Gasteiger partial charge >= 0.3 is 0 Å². The molecule has 184 valence electrons. The number of aromatic nitrogens is 1. The van der Waals surface area contributed by atoms with Gasteiger partial charge in [0.15, 0.2) is 11.5 Å². The first-order valence-corrected chi connectivity index (χ1v) is 11.7. The van der Waals surface area contributed by atoms with Crippen LogP contribution in [0.3, 0.4) is 0 Å². The van der Waals surface area contributed by atoms with E-state index in [1.165, 1.54) is 30.6 Å². The smallest absolute Gasteiger partial charge is 0.286 e. The number of thiazole rings is 1.